The van der Waals surface area contributed by atoms with Crippen LogP contribution in [-0.2, 0) is 0 Å². The molecule has 0 amide bonds. The number of aliphatic hydroxyl groups is 1. The van der Waals surface area contributed by atoms with Gasteiger partial charge < -0.3 is 9.52 Å². The first-order valence-electron chi connectivity index (χ1n) is 5.97. The first-order chi connectivity index (χ1) is 8.74. The zero-order valence-corrected chi connectivity index (χ0v) is 10.1. The molecule has 3 rings (SSSR count). The second kappa shape index (κ2) is 4.31. The molecule has 0 bridgehead atoms. The summed E-state index contributed by atoms with van der Waals surface area (Å²) in [5.41, 5.74) is 2.79. The van der Waals surface area contributed by atoms with Gasteiger partial charge in [0, 0.05) is 5.39 Å². The van der Waals surface area contributed by atoms with Crippen molar-refractivity contribution < 1.29 is 9.52 Å². The van der Waals surface area contributed by atoms with Gasteiger partial charge in [-0.05, 0) is 24.6 Å². The lowest BCUT2D eigenvalue weighted by Crippen LogP contribution is -1.97. The van der Waals surface area contributed by atoms with Gasteiger partial charge >= 0.3 is 0 Å². The van der Waals surface area contributed by atoms with Crippen LogP contribution < -0.4 is 0 Å². The van der Waals surface area contributed by atoms with Crippen LogP contribution in [0.2, 0.25) is 0 Å². The third kappa shape index (κ3) is 1.91. The van der Waals surface area contributed by atoms with Gasteiger partial charge in [0.1, 0.15) is 17.4 Å². The maximum Gasteiger partial charge on any atom is 0.138 e. The highest BCUT2D eigenvalue weighted by Crippen LogP contribution is 2.28. The fraction of sp³-hybridized carbons (Fsp3) is 0.125. The van der Waals surface area contributed by atoms with Crippen LogP contribution in [0, 0.1) is 6.92 Å². The molecule has 1 aromatic heterocycles. The molecule has 18 heavy (non-hydrogen) atoms. The summed E-state index contributed by atoms with van der Waals surface area (Å²) >= 11 is 0. The monoisotopic (exact) mass is 238 g/mol. The first-order valence-corrected chi connectivity index (χ1v) is 5.97. The Morgan fingerprint density at radius 3 is 2.61 bits per heavy atom. The first kappa shape index (κ1) is 11.1. The van der Waals surface area contributed by atoms with Crippen LogP contribution >= 0.6 is 0 Å². The van der Waals surface area contributed by atoms with E-state index in [0.717, 1.165) is 22.1 Å². The van der Waals surface area contributed by atoms with Crippen molar-refractivity contribution >= 4 is 11.0 Å². The predicted octanol–water partition coefficient (Wildman–Crippen LogP) is 3.82. The molecule has 3 aromatic rings. The minimum atomic E-state index is -0.711. The van der Waals surface area contributed by atoms with Crippen molar-refractivity contribution in [2.75, 3.05) is 0 Å². The third-order valence-corrected chi connectivity index (χ3v) is 3.07. The molecule has 0 aliphatic heterocycles. The summed E-state index contributed by atoms with van der Waals surface area (Å²) in [6.45, 7) is 2.01. The summed E-state index contributed by atoms with van der Waals surface area (Å²) in [7, 11) is 0. The number of aliphatic hydroxyl groups excluding tert-OH is 1. The molecular weight excluding hydrogens is 224 g/mol. The number of benzene rings is 2. The Labute approximate surface area is 105 Å². The van der Waals surface area contributed by atoms with Crippen molar-refractivity contribution in [2.45, 2.75) is 13.0 Å². The topological polar surface area (TPSA) is 33.4 Å². The molecule has 2 nitrogen and oxygen atoms in total. The fourth-order valence-corrected chi connectivity index (χ4v) is 2.14. The summed E-state index contributed by atoms with van der Waals surface area (Å²) < 4.78 is 5.67. The molecule has 0 fully saturated rings. The number of fused-ring (bicyclic) bond motifs is 1. The Bertz CT molecular complexity index is 649. The van der Waals surface area contributed by atoms with Gasteiger partial charge in [0.15, 0.2) is 0 Å². The van der Waals surface area contributed by atoms with Gasteiger partial charge in [-0.15, -0.1) is 0 Å². The van der Waals surface area contributed by atoms with Gasteiger partial charge in [0.2, 0.25) is 0 Å². The molecule has 2 aromatic carbocycles. The number of hydrogen-bond acceptors (Lipinski definition) is 2. The Morgan fingerprint density at radius 2 is 1.83 bits per heavy atom. The molecule has 0 spiro atoms. The zero-order valence-electron chi connectivity index (χ0n) is 10.1. The van der Waals surface area contributed by atoms with Crippen molar-refractivity contribution in [3.8, 4) is 0 Å². The molecule has 2 heteroatoms. The van der Waals surface area contributed by atoms with Crippen LogP contribution in [0.25, 0.3) is 11.0 Å². The average Bonchev–Trinajstić information content (AvgIpc) is 2.81. The number of hydrogen-bond donors (Lipinski definition) is 1. The van der Waals surface area contributed by atoms with Gasteiger partial charge in [-0.25, -0.2) is 0 Å². The summed E-state index contributed by atoms with van der Waals surface area (Å²) in [6.07, 6.45) is -0.711. The van der Waals surface area contributed by atoms with E-state index in [-0.39, 0.29) is 0 Å². The van der Waals surface area contributed by atoms with E-state index in [4.69, 9.17) is 4.42 Å². The largest absolute Gasteiger partial charge is 0.458 e. The SMILES string of the molecule is Cc1cccc([C@@H](O)c2cc3ccccc3o2)c1. The second-order valence-corrected chi connectivity index (χ2v) is 4.50. The Morgan fingerprint density at radius 1 is 1.00 bits per heavy atom. The molecule has 90 valence electrons. The van der Waals surface area contributed by atoms with Crippen LogP contribution in [0.3, 0.4) is 0 Å². The van der Waals surface area contributed by atoms with Gasteiger partial charge in [0.05, 0.1) is 0 Å². The minimum absolute atomic E-state index is 0.585. The van der Waals surface area contributed by atoms with E-state index in [1.807, 2.05) is 61.5 Å². The summed E-state index contributed by atoms with van der Waals surface area (Å²) in [5, 5.41) is 11.3. The lowest BCUT2D eigenvalue weighted by molar-refractivity contribution is 0.192. The Kier molecular flexibility index (Phi) is 2.65. The van der Waals surface area contributed by atoms with Gasteiger partial charge in [0.25, 0.3) is 0 Å². The summed E-state index contributed by atoms with van der Waals surface area (Å²) in [4.78, 5) is 0. The number of aryl methyl sites for hydroxylation is 1. The maximum atomic E-state index is 10.3. The highest BCUT2D eigenvalue weighted by molar-refractivity contribution is 5.77. The summed E-state index contributed by atoms with van der Waals surface area (Å²) in [5.74, 6) is 0.585. The van der Waals surface area contributed by atoms with Gasteiger partial charge in [-0.2, -0.15) is 0 Å². The maximum absolute atomic E-state index is 10.3. The van der Waals surface area contributed by atoms with Crippen molar-refractivity contribution in [3.05, 3.63) is 71.5 Å². The molecule has 1 atom stereocenters. The average molecular weight is 238 g/mol. The van der Waals surface area contributed by atoms with Crippen molar-refractivity contribution in [1.82, 2.24) is 0 Å². The van der Waals surface area contributed by atoms with Gasteiger partial charge in [-0.3, -0.25) is 0 Å². The normalized spacial score (nSPS) is 12.8. The van der Waals surface area contributed by atoms with E-state index in [9.17, 15) is 5.11 Å². The van der Waals surface area contributed by atoms with E-state index in [2.05, 4.69) is 0 Å². The molecule has 0 aliphatic carbocycles. The smallest absolute Gasteiger partial charge is 0.138 e. The van der Waals surface area contributed by atoms with Crippen molar-refractivity contribution in [1.29, 1.82) is 0 Å². The van der Waals surface area contributed by atoms with E-state index in [1.165, 1.54) is 0 Å². The highest BCUT2D eigenvalue weighted by atomic mass is 16.4. The van der Waals surface area contributed by atoms with Crippen LogP contribution in [0.4, 0.5) is 0 Å². The van der Waals surface area contributed by atoms with E-state index in [0.29, 0.717) is 5.76 Å². The standard InChI is InChI=1S/C16H14O2/c1-11-5-4-7-13(9-11)16(17)15-10-12-6-2-3-8-14(12)18-15/h2-10,16-17H,1H3/t16-/m1/s1. The quantitative estimate of drug-likeness (QED) is 0.736. The minimum Gasteiger partial charge on any atom is -0.458 e. The molecule has 0 unspecified atom stereocenters. The molecule has 0 saturated carbocycles. The molecular formula is C16H14O2. The molecule has 1 N–H and O–H groups in total. The molecule has 0 saturated heterocycles. The lowest BCUT2D eigenvalue weighted by atomic mass is 10.0. The Balaban J connectivity index is 2.03. The van der Waals surface area contributed by atoms with Gasteiger partial charge in [-0.1, -0.05) is 48.0 Å². The van der Waals surface area contributed by atoms with Crippen LogP contribution in [0.1, 0.15) is 23.0 Å². The van der Waals surface area contributed by atoms with Crippen LogP contribution in [0.15, 0.2) is 59.0 Å². The van der Waals surface area contributed by atoms with E-state index in [1.54, 1.807) is 0 Å². The van der Waals surface area contributed by atoms with Crippen molar-refractivity contribution in [2.24, 2.45) is 0 Å². The lowest BCUT2D eigenvalue weighted by Gasteiger charge is -2.08. The molecule has 1 heterocycles. The highest BCUT2D eigenvalue weighted by Gasteiger charge is 2.15. The zero-order chi connectivity index (χ0) is 12.5. The van der Waals surface area contributed by atoms with Crippen molar-refractivity contribution in [3.63, 3.8) is 0 Å². The number of furan rings is 1. The van der Waals surface area contributed by atoms with E-state index >= 15 is 0 Å². The van der Waals surface area contributed by atoms with Crippen LogP contribution in [0.5, 0.6) is 0 Å². The summed E-state index contributed by atoms with van der Waals surface area (Å²) in [6, 6.07) is 17.5. The number of rotatable bonds is 2. The third-order valence-electron chi connectivity index (χ3n) is 3.07. The number of para-hydroxylation sites is 1. The predicted molar refractivity (Wildman–Crippen MR) is 71.5 cm³/mol. The Hall–Kier alpha value is -2.06. The van der Waals surface area contributed by atoms with Crippen LogP contribution in [-0.4, -0.2) is 5.11 Å². The molecule has 0 radical (unpaired) electrons. The van der Waals surface area contributed by atoms with E-state index < -0.39 is 6.10 Å². The fourth-order valence-electron chi connectivity index (χ4n) is 2.14. The second-order valence-electron chi connectivity index (χ2n) is 4.50. The molecule has 0 aliphatic rings.